The number of ether oxygens (including phenoxy) is 1. The summed E-state index contributed by atoms with van der Waals surface area (Å²) < 4.78 is 4.98. The lowest BCUT2D eigenvalue weighted by Crippen LogP contribution is -2.17. The van der Waals surface area contributed by atoms with E-state index in [9.17, 15) is 0 Å². The zero-order chi connectivity index (χ0) is 12.3. The second kappa shape index (κ2) is 9.62. The lowest BCUT2D eigenvalue weighted by molar-refractivity contribution is 0.192. The zero-order valence-corrected chi connectivity index (χ0v) is 11.0. The van der Waals surface area contributed by atoms with Gasteiger partial charge in [-0.3, -0.25) is 0 Å². The number of nitrogens with one attached hydrogen (secondary N) is 1. The van der Waals surface area contributed by atoms with Crippen LogP contribution >= 0.6 is 0 Å². The molecule has 1 N–H and O–H groups in total. The number of rotatable bonds is 10. The minimum atomic E-state index is -0.154. The van der Waals surface area contributed by atoms with Crippen molar-refractivity contribution < 1.29 is 4.74 Å². The molecule has 0 radical (unpaired) electrons. The summed E-state index contributed by atoms with van der Waals surface area (Å²) in [4.78, 5) is 0. The van der Waals surface area contributed by atoms with Gasteiger partial charge in [-0.15, -0.1) is 0 Å². The third-order valence-electron chi connectivity index (χ3n) is 2.66. The highest BCUT2D eigenvalue weighted by atomic mass is 16.5. The molecule has 0 bridgehead atoms. The molecule has 0 saturated heterocycles. The molecule has 16 heavy (non-hydrogen) atoms. The standard InChI is InChI=1S/C13H26N2O/c1-13(2,12-14)8-4-5-9-15-10-6-7-11-16-3/h15H,4-11H2,1-3H3. The van der Waals surface area contributed by atoms with Crippen molar-refractivity contribution in [1.82, 2.24) is 5.32 Å². The van der Waals surface area contributed by atoms with Gasteiger partial charge in [0.25, 0.3) is 0 Å². The van der Waals surface area contributed by atoms with E-state index in [-0.39, 0.29) is 5.41 Å². The fourth-order valence-corrected chi connectivity index (χ4v) is 1.49. The van der Waals surface area contributed by atoms with E-state index in [1.54, 1.807) is 7.11 Å². The molecule has 0 aromatic heterocycles. The van der Waals surface area contributed by atoms with Crippen LogP contribution in [-0.4, -0.2) is 26.8 Å². The second-order valence-corrected chi connectivity index (χ2v) is 4.90. The van der Waals surface area contributed by atoms with Gasteiger partial charge in [0.2, 0.25) is 0 Å². The molecule has 0 aliphatic carbocycles. The summed E-state index contributed by atoms with van der Waals surface area (Å²) in [5, 5.41) is 12.2. The van der Waals surface area contributed by atoms with Gasteiger partial charge in [-0.2, -0.15) is 5.26 Å². The van der Waals surface area contributed by atoms with Crippen LogP contribution in [0.5, 0.6) is 0 Å². The van der Waals surface area contributed by atoms with Gasteiger partial charge in [0.15, 0.2) is 0 Å². The third kappa shape index (κ3) is 9.95. The maximum absolute atomic E-state index is 8.84. The van der Waals surface area contributed by atoms with Crippen molar-refractivity contribution in [2.24, 2.45) is 5.41 Å². The number of hydrogen-bond acceptors (Lipinski definition) is 3. The first kappa shape index (κ1) is 15.4. The van der Waals surface area contributed by atoms with Gasteiger partial charge < -0.3 is 10.1 Å². The molecule has 0 unspecified atom stereocenters. The van der Waals surface area contributed by atoms with E-state index in [0.717, 1.165) is 45.4 Å². The van der Waals surface area contributed by atoms with Crippen LogP contribution in [0.3, 0.4) is 0 Å². The molecule has 0 aliphatic heterocycles. The normalized spacial score (nSPS) is 11.4. The van der Waals surface area contributed by atoms with Crippen molar-refractivity contribution in [3.63, 3.8) is 0 Å². The molecular weight excluding hydrogens is 200 g/mol. The number of hydrogen-bond donors (Lipinski definition) is 1. The van der Waals surface area contributed by atoms with E-state index in [0.29, 0.717) is 0 Å². The topological polar surface area (TPSA) is 45.0 Å². The van der Waals surface area contributed by atoms with Crippen LogP contribution < -0.4 is 5.32 Å². The fraction of sp³-hybridized carbons (Fsp3) is 0.923. The highest BCUT2D eigenvalue weighted by Crippen LogP contribution is 2.21. The molecule has 3 heteroatoms. The monoisotopic (exact) mass is 226 g/mol. The maximum Gasteiger partial charge on any atom is 0.0683 e. The first-order chi connectivity index (χ1) is 7.62. The fourth-order valence-electron chi connectivity index (χ4n) is 1.49. The smallest absolute Gasteiger partial charge is 0.0683 e. The van der Waals surface area contributed by atoms with Gasteiger partial charge in [-0.05, 0) is 52.6 Å². The number of unbranched alkanes of at least 4 members (excludes halogenated alkanes) is 2. The van der Waals surface area contributed by atoms with Crippen LogP contribution in [0, 0.1) is 16.7 Å². The van der Waals surface area contributed by atoms with Crippen molar-refractivity contribution in [2.75, 3.05) is 26.8 Å². The average molecular weight is 226 g/mol. The summed E-state index contributed by atoms with van der Waals surface area (Å²) in [7, 11) is 1.74. The lowest BCUT2D eigenvalue weighted by atomic mass is 9.89. The van der Waals surface area contributed by atoms with Crippen molar-refractivity contribution >= 4 is 0 Å². The van der Waals surface area contributed by atoms with Gasteiger partial charge in [0.05, 0.1) is 11.5 Å². The molecule has 0 saturated carbocycles. The Labute approximate surface area is 100 Å². The first-order valence-corrected chi connectivity index (χ1v) is 6.23. The minimum absolute atomic E-state index is 0.154. The van der Waals surface area contributed by atoms with Crippen molar-refractivity contribution in [1.29, 1.82) is 5.26 Å². The highest BCUT2D eigenvalue weighted by Gasteiger charge is 2.14. The van der Waals surface area contributed by atoms with Gasteiger partial charge in [-0.1, -0.05) is 6.42 Å². The van der Waals surface area contributed by atoms with Crippen molar-refractivity contribution in [2.45, 2.75) is 46.0 Å². The van der Waals surface area contributed by atoms with E-state index >= 15 is 0 Å². The molecular formula is C13H26N2O. The molecule has 94 valence electrons. The SMILES string of the molecule is COCCCCNCCCCC(C)(C)C#N. The molecule has 0 atom stereocenters. The molecule has 0 rings (SSSR count). The van der Waals surface area contributed by atoms with Gasteiger partial charge in [-0.25, -0.2) is 0 Å². The second-order valence-electron chi connectivity index (χ2n) is 4.90. The van der Waals surface area contributed by atoms with Crippen LogP contribution in [-0.2, 0) is 4.74 Å². The van der Waals surface area contributed by atoms with Crippen LogP contribution in [0.15, 0.2) is 0 Å². The van der Waals surface area contributed by atoms with Gasteiger partial charge >= 0.3 is 0 Å². The Bertz CT molecular complexity index is 197. The summed E-state index contributed by atoms with van der Waals surface area (Å²) in [6, 6.07) is 2.33. The minimum Gasteiger partial charge on any atom is -0.385 e. The molecule has 0 fully saturated rings. The summed E-state index contributed by atoms with van der Waals surface area (Å²) in [6.07, 6.45) is 5.60. The van der Waals surface area contributed by atoms with Crippen molar-refractivity contribution in [3.05, 3.63) is 0 Å². The average Bonchev–Trinajstić information content (AvgIpc) is 2.27. The predicted octanol–water partition coefficient (Wildman–Crippen LogP) is 2.72. The largest absolute Gasteiger partial charge is 0.385 e. The highest BCUT2D eigenvalue weighted by molar-refractivity contribution is 4.91. The molecule has 3 nitrogen and oxygen atoms in total. The molecule has 0 spiro atoms. The van der Waals surface area contributed by atoms with E-state index in [2.05, 4.69) is 11.4 Å². The Morgan fingerprint density at radius 1 is 1.12 bits per heavy atom. The Morgan fingerprint density at radius 3 is 2.31 bits per heavy atom. The molecule has 0 aromatic carbocycles. The summed E-state index contributed by atoms with van der Waals surface area (Å²) >= 11 is 0. The summed E-state index contributed by atoms with van der Waals surface area (Å²) in [6.45, 7) is 7.01. The van der Waals surface area contributed by atoms with E-state index in [4.69, 9.17) is 10.00 Å². The van der Waals surface area contributed by atoms with Crippen LogP contribution in [0.2, 0.25) is 0 Å². The van der Waals surface area contributed by atoms with Crippen LogP contribution in [0.1, 0.15) is 46.0 Å². The van der Waals surface area contributed by atoms with Crippen LogP contribution in [0.25, 0.3) is 0 Å². The molecule has 0 aliphatic rings. The quantitative estimate of drug-likeness (QED) is 0.583. The number of nitrogens with zero attached hydrogens (tertiary/aromatic N) is 1. The molecule has 0 amide bonds. The Kier molecular flexibility index (Phi) is 9.27. The Morgan fingerprint density at radius 2 is 1.75 bits per heavy atom. The van der Waals surface area contributed by atoms with Gasteiger partial charge in [0, 0.05) is 13.7 Å². The van der Waals surface area contributed by atoms with Crippen molar-refractivity contribution in [3.8, 4) is 6.07 Å². The first-order valence-electron chi connectivity index (χ1n) is 6.23. The van der Waals surface area contributed by atoms with E-state index in [1.165, 1.54) is 6.42 Å². The van der Waals surface area contributed by atoms with Gasteiger partial charge in [0.1, 0.15) is 0 Å². The number of nitriles is 1. The maximum atomic E-state index is 8.84. The summed E-state index contributed by atoms with van der Waals surface area (Å²) in [5.41, 5.74) is -0.154. The Hall–Kier alpha value is -0.590. The Balaban J connectivity index is 3.14. The molecule has 0 aromatic rings. The zero-order valence-electron chi connectivity index (χ0n) is 11.0. The van der Waals surface area contributed by atoms with E-state index in [1.807, 2.05) is 13.8 Å². The predicted molar refractivity (Wildman–Crippen MR) is 67.2 cm³/mol. The molecule has 0 heterocycles. The van der Waals surface area contributed by atoms with E-state index < -0.39 is 0 Å². The third-order valence-corrected chi connectivity index (χ3v) is 2.66. The van der Waals surface area contributed by atoms with Crippen LogP contribution in [0.4, 0.5) is 0 Å². The summed E-state index contributed by atoms with van der Waals surface area (Å²) in [5.74, 6) is 0. The lowest BCUT2D eigenvalue weighted by Gasteiger charge is -2.14. The number of methoxy groups -OCH3 is 1.